The second-order valence-electron chi connectivity index (χ2n) is 9.79. The molecule has 146 valence electrons. The van der Waals surface area contributed by atoms with Gasteiger partial charge in [0.15, 0.2) is 5.78 Å². The molecule has 3 fully saturated rings. The molecule has 0 aromatic carbocycles. The van der Waals surface area contributed by atoms with E-state index < -0.39 is 22.7 Å². The molecule has 5 nitrogen and oxygen atoms in total. The number of rotatable bonds is 1. The number of allylic oxidation sites excluding steroid dienone is 1. The first-order valence-electron chi connectivity index (χ1n) is 10.0. The van der Waals surface area contributed by atoms with Crippen molar-refractivity contribution in [2.75, 3.05) is 0 Å². The highest BCUT2D eigenvalue weighted by molar-refractivity contribution is 5.86. The minimum Gasteiger partial charge on any atom is -0.393 e. The summed E-state index contributed by atoms with van der Waals surface area (Å²) in [5, 5.41) is 44.2. The van der Waals surface area contributed by atoms with E-state index in [1.807, 2.05) is 0 Å². The first kappa shape index (κ1) is 18.6. The van der Waals surface area contributed by atoms with E-state index in [1.165, 1.54) is 12.5 Å². The van der Waals surface area contributed by atoms with Gasteiger partial charge in [-0.3, -0.25) is 4.79 Å². The molecule has 8 atom stereocenters. The Kier molecular flexibility index (Phi) is 3.87. The Morgan fingerprint density at radius 2 is 1.81 bits per heavy atom. The van der Waals surface area contributed by atoms with Crippen LogP contribution < -0.4 is 0 Å². The van der Waals surface area contributed by atoms with E-state index >= 15 is 0 Å². The number of fused-ring (bicyclic) bond motifs is 5. The van der Waals surface area contributed by atoms with Gasteiger partial charge in [-0.05, 0) is 69.1 Å². The predicted octanol–water partition coefficient (Wildman–Crippen LogP) is 1.72. The fourth-order valence-electron chi connectivity index (χ4n) is 7.19. The number of hydrogen-bond donors (Lipinski definition) is 4. The van der Waals surface area contributed by atoms with E-state index in [4.69, 9.17) is 0 Å². The fraction of sp³-hybridized carbons (Fsp3) is 0.857. The van der Waals surface area contributed by atoms with E-state index in [9.17, 15) is 25.2 Å². The van der Waals surface area contributed by atoms with Crippen LogP contribution in [-0.4, -0.2) is 49.6 Å². The highest BCUT2D eigenvalue weighted by atomic mass is 16.3. The summed E-state index contributed by atoms with van der Waals surface area (Å²) in [6, 6.07) is 0. The molecule has 0 unspecified atom stereocenters. The first-order valence-corrected chi connectivity index (χ1v) is 10.0. The number of Topliss-reactive ketones (excluding diaryl/α,β-unsaturated/α-hetero) is 1. The van der Waals surface area contributed by atoms with Gasteiger partial charge in [0, 0.05) is 0 Å². The van der Waals surface area contributed by atoms with Crippen LogP contribution in [0.15, 0.2) is 11.6 Å². The van der Waals surface area contributed by atoms with Gasteiger partial charge in [-0.15, -0.1) is 0 Å². The van der Waals surface area contributed by atoms with Gasteiger partial charge in [0.05, 0.1) is 23.2 Å². The van der Waals surface area contributed by atoms with Crippen molar-refractivity contribution in [3.8, 4) is 0 Å². The highest BCUT2D eigenvalue weighted by Gasteiger charge is 2.75. The van der Waals surface area contributed by atoms with Crippen molar-refractivity contribution in [3.63, 3.8) is 0 Å². The summed E-state index contributed by atoms with van der Waals surface area (Å²) in [6.45, 7) is 5.26. The molecule has 4 aliphatic rings. The highest BCUT2D eigenvalue weighted by Crippen LogP contribution is 2.68. The Morgan fingerprint density at radius 3 is 2.46 bits per heavy atom. The molecule has 0 heterocycles. The largest absolute Gasteiger partial charge is 0.393 e. The maximum absolute atomic E-state index is 12.3. The van der Waals surface area contributed by atoms with Crippen molar-refractivity contribution in [2.24, 2.45) is 22.7 Å². The van der Waals surface area contributed by atoms with Gasteiger partial charge in [-0.2, -0.15) is 0 Å². The number of hydrogen-bond acceptors (Lipinski definition) is 5. The normalized spacial score (nSPS) is 56.2. The summed E-state index contributed by atoms with van der Waals surface area (Å²) in [4.78, 5) is 12.3. The van der Waals surface area contributed by atoms with Gasteiger partial charge in [-0.25, -0.2) is 0 Å². The zero-order valence-corrected chi connectivity index (χ0v) is 16.0. The second-order valence-corrected chi connectivity index (χ2v) is 9.79. The molecule has 0 saturated heterocycles. The lowest BCUT2D eigenvalue weighted by Gasteiger charge is -2.63. The molecule has 0 spiro atoms. The minimum atomic E-state index is -1.68. The van der Waals surface area contributed by atoms with Crippen molar-refractivity contribution in [3.05, 3.63) is 11.6 Å². The van der Waals surface area contributed by atoms with E-state index in [-0.39, 0.29) is 35.6 Å². The van der Waals surface area contributed by atoms with Crippen LogP contribution in [0, 0.1) is 22.7 Å². The maximum atomic E-state index is 12.3. The molecule has 0 amide bonds. The minimum absolute atomic E-state index is 0.0896. The van der Waals surface area contributed by atoms with Gasteiger partial charge in [-0.1, -0.05) is 25.5 Å². The zero-order valence-electron chi connectivity index (χ0n) is 16.0. The summed E-state index contributed by atoms with van der Waals surface area (Å²) in [5.74, 6) is -0.363. The Balaban J connectivity index is 1.80. The molecular weight excluding hydrogens is 332 g/mol. The molecule has 4 rings (SSSR count). The van der Waals surface area contributed by atoms with Crippen LogP contribution in [0.5, 0.6) is 0 Å². The molecule has 4 N–H and O–H groups in total. The molecule has 0 bridgehead atoms. The maximum Gasteiger partial charge on any atom is 0.162 e. The number of aliphatic hydroxyl groups excluding tert-OH is 2. The molecule has 0 aromatic rings. The van der Waals surface area contributed by atoms with Crippen molar-refractivity contribution in [2.45, 2.75) is 89.1 Å². The average molecular weight is 364 g/mol. The van der Waals surface area contributed by atoms with Crippen LogP contribution in [0.25, 0.3) is 0 Å². The molecule has 0 aliphatic heterocycles. The van der Waals surface area contributed by atoms with Crippen LogP contribution in [0.4, 0.5) is 0 Å². The van der Waals surface area contributed by atoms with Crippen LogP contribution in [0.1, 0.15) is 65.7 Å². The predicted molar refractivity (Wildman–Crippen MR) is 96.2 cm³/mol. The third-order valence-corrected chi connectivity index (χ3v) is 9.07. The van der Waals surface area contributed by atoms with Gasteiger partial charge in [0.2, 0.25) is 0 Å². The third kappa shape index (κ3) is 1.93. The topological polar surface area (TPSA) is 98.0 Å². The molecule has 0 radical (unpaired) electrons. The number of carbonyl (C=O) groups excluding carboxylic acids is 1. The zero-order chi connectivity index (χ0) is 19.1. The average Bonchev–Trinajstić information content (AvgIpc) is 2.80. The Morgan fingerprint density at radius 1 is 1.12 bits per heavy atom. The Labute approximate surface area is 155 Å². The van der Waals surface area contributed by atoms with Crippen LogP contribution in [0.3, 0.4) is 0 Å². The van der Waals surface area contributed by atoms with Gasteiger partial charge in [0.1, 0.15) is 5.60 Å². The fourth-order valence-corrected chi connectivity index (χ4v) is 7.19. The molecule has 5 heteroatoms. The smallest absolute Gasteiger partial charge is 0.162 e. The van der Waals surface area contributed by atoms with Crippen molar-refractivity contribution in [1.82, 2.24) is 0 Å². The standard InChI is InChI=1S/C21H32O5/c1-12(22)20(25)8-9-21(26)15-5-4-13-10-14(23)6-7-18(13,2)16(15)11-17(24)19(20,21)3/h4,14-17,23-26H,5-11H2,1-3H3/t14-,15-,16+,17-,18-,19-,20-,21+/m1/s1. The van der Waals surface area contributed by atoms with E-state index in [0.29, 0.717) is 25.7 Å². The molecular formula is C21H32O5. The van der Waals surface area contributed by atoms with E-state index in [1.54, 1.807) is 6.92 Å². The summed E-state index contributed by atoms with van der Waals surface area (Å²) < 4.78 is 0. The van der Waals surface area contributed by atoms with Crippen molar-refractivity contribution in [1.29, 1.82) is 0 Å². The van der Waals surface area contributed by atoms with Crippen molar-refractivity contribution < 1.29 is 25.2 Å². The first-order chi connectivity index (χ1) is 12.0. The number of carbonyl (C=O) groups is 1. The number of ketones is 1. The molecule has 0 aromatic heterocycles. The number of aliphatic hydroxyl groups is 4. The lowest BCUT2D eigenvalue weighted by molar-refractivity contribution is -0.253. The SMILES string of the molecule is CC(=O)[C@]1(O)CC[C@]2(O)[C@@H]3CC=C4C[C@H](O)CC[C@@]4(C)[C@H]3C[C@@H](O)[C@]12C. The molecule has 4 aliphatic carbocycles. The molecule has 3 saturated carbocycles. The summed E-state index contributed by atoms with van der Waals surface area (Å²) in [7, 11) is 0. The Bertz CT molecular complexity index is 673. The van der Waals surface area contributed by atoms with Gasteiger partial charge >= 0.3 is 0 Å². The summed E-state index contributed by atoms with van der Waals surface area (Å²) >= 11 is 0. The quantitative estimate of drug-likeness (QED) is 0.531. The molecule has 26 heavy (non-hydrogen) atoms. The Hall–Kier alpha value is -0.750. The van der Waals surface area contributed by atoms with Gasteiger partial charge < -0.3 is 20.4 Å². The second kappa shape index (κ2) is 5.40. The van der Waals surface area contributed by atoms with Crippen LogP contribution in [-0.2, 0) is 4.79 Å². The third-order valence-electron chi connectivity index (χ3n) is 9.07. The lowest BCUT2D eigenvalue weighted by Crippen LogP contribution is -2.70. The van der Waals surface area contributed by atoms with E-state index in [2.05, 4.69) is 13.0 Å². The summed E-state index contributed by atoms with van der Waals surface area (Å²) in [5.41, 5.74) is -3.09. The summed E-state index contributed by atoms with van der Waals surface area (Å²) in [6.07, 6.45) is 4.86. The van der Waals surface area contributed by atoms with Crippen LogP contribution >= 0.6 is 0 Å². The van der Waals surface area contributed by atoms with Gasteiger partial charge in [0.25, 0.3) is 0 Å². The van der Waals surface area contributed by atoms with Crippen molar-refractivity contribution >= 4 is 5.78 Å². The van der Waals surface area contributed by atoms with Crippen LogP contribution in [0.2, 0.25) is 0 Å². The lowest BCUT2D eigenvalue weighted by atomic mass is 9.44. The monoisotopic (exact) mass is 364 g/mol. The van der Waals surface area contributed by atoms with E-state index in [0.717, 1.165) is 12.8 Å².